The van der Waals surface area contributed by atoms with Crippen LogP contribution in [0.5, 0.6) is 11.5 Å². The van der Waals surface area contributed by atoms with Crippen molar-refractivity contribution in [3.05, 3.63) is 58.0 Å². The number of aromatic nitrogens is 1. The van der Waals surface area contributed by atoms with Gasteiger partial charge in [0.25, 0.3) is 17.7 Å². The molecule has 2 fully saturated rings. The molecule has 1 aromatic carbocycles. The van der Waals surface area contributed by atoms with Crippen molar-refractivity contribution in [3.8, 4) is 11.5 Å². The summed E-state index contributed by atoms with van der Waals surface area (Å²) in [6, 6.07) is 2.25. The van der Waals surface area contributed by atoms with Crippen LogP contribution in [-0.4, -0.2) is 124 Å². The van der Waals surface area contributed by atoms with Crippen molar-refractivity contribution in [2.24, 2.45) is 15.6 Å². The van der Waals surface area contributed by atoms with Gasteiger partial charge in [-0.1, -0.05) is 5.16 Å². The second-order valence-electron chi connectivity index (χ2n) is 12.5. The first-order chi connectivity index (χ1) is 25.6. The fourth-order valence-corrected chi connectivity index (χ4v) is 8.61. The molecule has 2 unspecified atom stereocenters. The Morgan fingerprint density at radius 1 is 1.22 bits per heavy atom. The van der Waals surface area contributed by atoms with Gasteiger partial charge in [-0.15, -0.1) is 52.8 Å². The maximum Gasteiger partial charge on any atom is 0.313 e. The summed E-state index contributed by atoms with van der Waals surface area (Å²) < 4.78 is 0. The molecule has 3 atom stereocenters. The number of aliphatic hydroxyl groups excluding tert-OH is 1. The standard InChI is InChI=1S/C30H33N11O10S3.ClH/c1-29(2,26(48)36-35-22(45)14-3-4-16(43)17(44)7-14)51-37-20(15-9-52-28(31)33-15)23(46)34-21-24(47)40-10-30(27(49)50,12-54-25(21)40)11-53-19-5-6-32-18-8-39(13-42)38-41(18)19;/h3-9,21,25,38,42-44H,10-13H2,1-2H3,(H2,31,33)(H,34,46)(H,35,45)(H,36,48)(H,49,50);1H/t21?,25-,30?;/m1./s1. The summed E-state index contributed by atoms with van der Waals surface area (Å²) in [5.41, 5.74) is 9.40. The van der Waals surface area contributed by atoms with Crippen LogP contribution >= 0.6 is 47.3 Å². The summed E-state index contributed by atoms with van der Waals surface area (Å²) in [6.07, 6.45) is 4.85. The number of amides is 4. The Kier molecular flexibility index (Phi) is 12.1. The van der Waals surface area contributed by atoms with Crippen LogP contribution in [0.1, 0.15) is 29.9 Å². The number of carbonyl (C=O) groups excluding carboxylic acids is 4. The van der Waals surface area contributed by atoms with Crippen molar-refractivity contribution < 1.29 is 49.2 Å². The van der Waals surface area contributed by atoms with Crippen LogP contribution in [0.25, 0.3) is 0 Å². The summed E-state index contributed by atoms with van der Waals surface area (Å²) >= 11 is 3.45. The molecule has 10 N–H and O–H groups in total. The minimum atomic E-state index is -1.79. The molecule has 0 spiro atoms. The van der Waals surface area contributed by atoms with Crippen molar-refractivity contribution in [2.75, 3.05) is 30.5 Å². The van der Waals surface area contributed by atoms with E-state index >= 15 is 0 Å². The van der Waals surface area contributed by atoms with Crippen LogP contribution in [0.2, 0.25) is 0 Å². The van der Waals surface area contributed by atoms with Crippen molar-refractivity contribution in [1.29, 1.82) is 0 Å². The fourth-order valence-electron chi connectivity index (χ4n) is 5.23. The number of hydrogen-bond acceptors (Lipinski definition) is 19. The number of aliphatic imine (C=N–C) groups is 1. The number of benzene rings is 1. The van der Waals surface area contributed by atoms with E-state index in [0.29, 0.717) is 10.9 Å². The van der Waals surface area contributed by atoms with E-state index in [1.54, 1.807) is 23.5 Å². The number of thioether (sulfide) groups is 2. The summed E-state index contributed by atoms with van der Waals surface area (Å²) in [4.78, 5) is 80.2. The number of nitrogens with two attached hydrogens (primary N) is 1. The first-order valence-electron chi connectivity index (χ1n) is 15.7. The number of phenolic OH excluding ortho intramolecular Hbond substituents is 2. The minimum Gasteiger partial charge on any atom is -0.504 e. The lowest BCUT2D eigenvalue weighted by Gasteiger charge is -2.53. The molecular weight excluding hydrogens is 806 g/mol. The lowest BCUT2D eigenvalue weighted by Crippen LogP contribution is -2.74. The molecular formula is C30H34ClN11O10S3. The average Bonchev–Trinajstić information content (AvgIpc) is 3.78. The van der Waals surface area contributed by atoms with Crippen LogP contribution in [0.3, 0.4) is 0 Å². The molecule has 0 aliphatic carbocycles. The lowest BCUT2D eigenvalue weighted by molar-refractivity contribution is -0.157. The highest BCUT2D eigenvalue weighted by molar-refractivity contribution is 8.03. The second-order valence-corrected chi connectivity index (χ2v) is 15.5. The zero-order valence-electron chi connectivity index (χ0n) is 28.7. The minimum absolute atomic E-state index is 0. The third kappa shape index (κ3) is 8.37. The van der Waals surface area contributed by atoms with E-state index in [1.807, 2.05) is 0 Å². The molecule has 25 heteroatoms. The Morgan fingerprint density at radius 3 is 2.65 bits per heavy atom. The SMILES string of the molecule is CC(C)(ON=C(C(=O)NC1C(=O)N2CC(CSC3=CC=NC4=CN(CO)NN43)(C(=O)O)CS[C@H]12)c1csc(N)n1)C(=O)NNC(=O)c1ccc(O)c(O)c1.Cl. The number of phenols is 2. The van der Waals surface area contributed by atoms with Crippen LogP contribution < -0.4 is 27.4 Å². The Labute approximate surface area is 330 Å². The summed E-state index contributed by atoms with van der Waals surface area (Å²) in [5.74, 6) is -4.46. The number of hydrazine groups is 3. The molecule has 5 heterocycles. The monoisotopic (exact) mass is 839 g/mol. The summed E-state index contributed by atoms with van der Waals surface area (Å²) in [7, 11) is 0. The molecule has 55 heavy (non-hydrogen) atoms. The number of thiazole rings is 1. The van der Waals surface area contributed by atoms with E-state index in [0.717, 1.165) is 23.5 Å². The Hall–Kier alpha value is -5.27. The zero-order chi connectivity index (χ0) is 38.9. The van der Waals surface area contributed by atoms with Gasteiger partial charge in [0.1, 0.15) is 29.3 Å². The largest absolute Gasteiger partial charge is 0.504 e. The van der Waals surface area contributed by atoms with Gasteiger partial charge in [0.05, 0.1) is 11.2 Å². The average molecular weight is 840 g/mol. The molecule has 0 radical (unpaired) electrons. The number of anilines is 1. The molecule has 4 aliphatic rings. The molecule has 6 rings (SSSR count). The van der Waals surface area contributed by atoms with Crippen molar-refractivity contribution in [2.45, 2.75) is 30.9 Å². The number of hydrogen-bond donors (Lipinski definition) is 9. The van der Waals surface area contributed by atoms with Gasteiger partial charge in [0.2, 0.25) is 11.5 Å². The van der Waals surface area contributed by atoms with Gasteiger partial charge in [-0.05, 0) is 38.1 Å². The number of carboxylic acids is 1. The number of halogens is 1. The maximum absolute atomic E-state index is 13.6. The number of carbonyl (C=O) groups is 5. The number of allylic oxidation sites excluding steroid dienone is 1. The van der Waals surface area contributed by atoms with E-state index in [4.69, 9.17) is 10.6 Å². The number of rotatable bonds is 12. The number of β-lactam (4-membered cyclic amide) rings is 1. The molecule has 2 aromatic rings. The first kappa shape index (κ1) is 40.9. The number of aromatic hydroxyl groups is 2. The quantitative estimate of drug-likeness (QED) is 0.0560. The van der Waals surface area contributed by atoms with Gasteiger partial charge in [0, 0.05) is 35.2 Å². The normalized spacial score (nSPS) is 21.6. The van der Waals surface area contributed by atoms with Gasteiger partial charge < -0.3 is 41.2 Å². The van der Waals surface area contributed by atoms with Gasteiger partial charge in [0.15, 0.2) is 28.2 Å². The zero-order valence-corrected chi connectivity index (χ0v) is 31.9. The third-order valence-corrected chi connectivity index (χ3v) is 11.9. The summed E-state index contributed by atoms with van der Waals surface area (Å²) in [5, 5.41) is 50.0. The van der Waals surface area contributed by atoms with Gasteiger partial charge in [-0.25, -0.2) is 15.0 Å². The summed E-state index contributed by atoms with van der Waals surface area (Å²) in [6.45, 7) is 2.17. The van der Waals surface area contributed by atoms with E-state index in [-0.39, 0.29) is 53.6 Å². The molecule has 4 amide bonds. The predicted molar refractivity (Wildman–Crippen MR) is 202 cm³/mol. The van der Waals surface area contributed by atoms with Gasteiger partial charge >= 0.3 is 5.97 Å². The van der Waals surface area contributed by atoms with Crippen LogP contribution in [0.15, 0.2) is 56.9 Å². The number of carboxylic acid groups (broad SMARTS) is 1. The Morgan fingerprint density at radius 2 is 1.98 bits per heavy atom. The number of aliphatic carboxylic acids is 1. The molecule has 0 bridgehead atoms. The Bertz CT molecular complexity index is 2030. The van der Waals surface area contributed by atoms with E-state index in [2.05, 4.69) is 36.8 Å². The number of aliphatic hydroxyl groups is 1. The number of nitrogens with one attached hydrogen (secondary N) is 4. The van der Waals surface area contributed by atoms with Crippen LogP contribution in [0, 0.1) is 5.41 Å². The molecule has 294 valence electrons. The fraction of sp³-hybridized carbons (Fsp3) is 0.333. The van der Waals surface area contributed by atoms with E-state index < -0.39 is 69.2 Å². The number of oxime groups is 1. The maximum atomic E-state index is 13.6. The molecule has 0 saturated carbocycles. The number of fused-ring (bicyclic) bond motifs is 2. The van der Waals surface area contributed by atoms with Crippen LogP contribution in [-0.2, 0) is 24.0 Å². The molecule has 4 aliphatic heterocycles. The van der Waals surface area contributed by atoms with Crippen LogP contribution in [0.4, 0.5) is 5.13 Å². The van der Waals surface area contributed by atoms with E-state index in [9.17, 15) is 44.4 Å². The third-order valence-electron chi connectivity index (χ3n) is 8.33. The molecule has 21 nitrogen and oxygen atoms in total. The van der Waals surface area contributed by atoms with Crippen molar-refractivity contribution >= 4 is 93.9 Å². The highest BCUT2D eigenvalue weighted by Crippen LogP contribution is 2.45. The van der Waals surface area contributed by atoms with Gasteiger partial charge in [-0.3, -0.25) is 39.8 Å². The lowest BCUT2D eigenvalue weighted by atomic mass is 9.89. The topological polar surface area (TPSA) is 297 Å². The van der Waals surface area contributed by atoms with Crippen molar-refractivity contribution in [3.63, 3.8) is 0 Å². The number of nitrogens with zero attached hydrogens (tertiary/aromatic N) is 6. The predicted octanol–water partition coefficient (Wildman–Crippen LogP) is -0.565. The number of nitrogen functional groups attached to an aromatic ring is 1. The van der Waals surface area contributed by atoms with Crippen molar-refractivity contribution in [1.82, 2.24) is 41.6 Å². The molecule has 2 saturated heterocycles. The van der Waals surface area contributed by atoms with E-state index in [1.165, 1.54) is 58.7 Å². The first-order valence-corrected chi connectivity index (χ1v) is 18.6. The highest BCUT2D eigenvalue weighted by atomic mass is 35.5. The molecule has 1 aromatic heterocycles. The second kappa shape index (κ2) is 16.2. The van der Waals surface area contributed by atoms with Gasteiger partial charge in [-0.2, -0.15) is 0 Å². The Balaban J connectivity index is 0.00000580. The smallest absolute Gasteiger partial charge is 0.313 e. The highest BCUT2D eigenvalue weighted by Gasteiger charge is 2.58.